The number of benzene rings is 3. The van der Waals surface area contributed by atoms with Crippen LogP contribution < -0.4 is 15.6 Å². The molecule has 0 saturated carbocycles. The van der Waals surface area contributed by atoms with Crippen molar-refractivity contribution in [3.05, 3.63) is 96.1 Å². The Balaban J connectivity index is 1.42. The Kier molecular flexibility index (Phi) is 7.09. The lowest BCUT2D eigenvalue weighted by molar-refractivity contribution is -0.119. The summed E-state index contributed by atoms with van der Waals surface area (Å²) in [6.07, 6.45) is 0. The SMILES string of the molecule is O=C(CSc1ccccc1)NNC(=O)c1ccc(COc2ccccc2)cc1. The molecule has 0 atom stereocenters. The fraction of sp³-hybridized carbons (Fsp3) is 0.0909. The van der Waals surface area contributed by atoms with E-state index in [9.17, 15) is 9.59 Å². The van der Waals surface area contributed by atoms with Crippen LogP contribution in [-0.4, -0.2) is 17.6 Å². The second-order valence-corrected chi connectivity index (χ2v) is 6.95. The van der Waals surface area contributed by atoms with Crippen molar-refractivity contribution in [2.45, 2.75) is 11.5 Å². The summed E-state index contributed by atoms with van der Waals surface area (Å²) in [5, 5.41) is 0. The molecule has 3 aromatic rings. The number of amides is 2. The summed E-state index contributed by atoms with van der Waals surface area (Å²) < 4.78 is 5.67. The lowest BCUT2D eigenvalue weighted by Crippen LogP contribution is -2.42. The second kappa shape index (κ2) is 10.2. The van der Waals surface area contributed by atoms with Gasteiger partial charge in [0.15, 0.2) is 0 Å². The van der Waals surface area contributed by atoms with Crippen LogP contribution in [0.25, 0.3) is 0 Å². The van der Waals surface area contributed by atoms with Gasteiger partial charge in [0.1, 0.15) is 12.4 Å². The molecule has 0 radical (unpaired) electrons. The lowest BCUT2D eigenvalue weighted by Gasteiger charge is -2.09. The van der Waals surface area contributed by atoms with E-state index in [1.807, 2.05) is 72.8 Å². The standard InChI is InChI=1S/C22H20N2O3S/c25-21(16-28-20-9-5-2-6-10-20)23-24-22(26)18-13-11-17(12-14-18)15-27-19-7-3-1-4-8-19/h1-14H,15-16H2,(H,23,25)(H,24,26). The van der Waals surface area contributed by atoms with Crippen molar-refractivity contribution in [2.75, 3.05) is 5.75 Å². The molecule has 0 saturated heterocycles. The van der Waals surface area contributed by atoms with Crippen LogP contribution in [0.4, 0.5) is 0 Å². The molecule has 3 aromatic carbocycles. The fourth-order valence-corrected chi connectivity index (χ4v) is 3.06. The summed E-state index contributed by atoms with van der Waals surface area (Å²) >= 11 is 1.40. The highest BCUT2D eigenvalue weighted by molar-refractivity contribution is 8.00. The maximum atomic E-state index is 12.2. The monoisotopic (exact) mass is 392 g/mol. The summed E-state index contributed by atoms with van der Waals surface area (Å²) in [6, 6.07) is 26.2. The minimum Gasteiger partial charge on any atom is -0.489 e. The number of thioether (sulfide) groups is 1. The van der Waals surface area contributed by atoms with E-state index in [4.69, 9.17) is 4.74 Å². The summed E-state index contributed by atoms with van der Waals surface area (Å²) in [7, 11) is 0. The smallest absolute Gasteiger partial charge is 0.269 e. The van der Waals surface area contributed by atoms with Gasteiger partial charge in [0.05, 0.1) is 5.75 Å². The van der Waals surface area contributed by atoms with Gasteiger partial charge in [0, 0.05) is 10.5 Å². The van der Waals surface area contributed by atoms with Gasteiger partial charge in [-0.1, -0.05) is 48.5 Å². The molecular weight excluding hydrogens is 372 g/mol. The van der Waals surface area contributed by atoms with E-state index in [-0.39, 0.29) is 17.6 Å². The Morgan fingerprint density at radius 2 is 1.43 bits per heavy atom. The zero-order valence-corrected chi connectivity index (χ0v) is 15.9. The summed E-state index contributed by atoms with van der Waals surface area (Å²) in [6.45, 7) is 0.416. The maximum absolute atomic E-state index is 12.2. The normalized spacial score (nSPS) is 10.1. The quantitative estimate of drug-likeness (QED) is 0.474. The van der Waals surface area contributed by atoms with Crippen molar-refractivity contribution < 1.29 is 14.3 Å². The zero-order chi connectivity index (χ0) is 19.6. The molecule has 0 aliphatic rings. The number of hydrogen-bond acceptors (Lipinski definition) is 4. The van der Waals surface area contributed by atoms with Gasteiger partial charge in [-0.25, -0.2) is 0 Å². The first-order chi connectivity index (χ1) is 13.7. The highest BCUT2D eigenvalue weighted by atomic mass is 32.2. The highest BCUT2D eigenvalue weighted by Crippen LogP contribution is 2.16. The number of ether oxygens (including phenoxy) is 1. The van der Waals surface area contributed by atoms with Crippen molar-refractivity contribution in [3.8, 4) is 5.75 Å². The minimum absolute atomic E-state index is 0.222. The predicted molar refractivity (Wildman–Crippen MR) is 110 cm³/mol. The Morgan fingerprint density at radius 3 is 2.11 bits per heavy atom. The molecule has 0 fully saturated rings. The molecule has 0 aliphatic carbocycles. The third kappa shape index (κ3) is 6.17. The summed E-state index contributed by atoms with van der Waals surface area (Å²) in [4.78, 5) is 25.0. The fourth-order valence-electron chi connectivity index (χ4n) is 2.34. The number of rotatable bonds is 7. The summed E-state index contributed by atoms with van der Waals surface area (Å²) in [5.41, 5.74) is 6.26. The van der Waals surface area contributed by atoms with Crippen LogP contribution >= 0.6 is 11.8 Å². The number of hydrazine groups is 1. The molecule has 0 aliphatic heterocycles. The van der Waals surface area contributed by atoms with Crippen LogP contribution in [0.15, 0.2) is 89.8 Å². The number of para-hydroxylation sites is 1. The lowest BCUT2D eigenvalue weighted by atomic mass is 10.1. The van der Waals surface area contributed by atoms with Crippen molar-refractivity contribution in [3.63, 3.8) is 0 Å². The first-order valence-corrected chi connectivity index (χ1v) is 9.73. The molecular formula is C22H20N2O3S. The molecule has 0 spiro atoms. The molecule has 2 N–H and O–H groups in total. The first-order valence-electron chi connectivity index (χ1n) is 8.74. The van der Waals surface area contributed by atoms with Crippen LogP contribution in [0.5, 0.6) is 5.75 Å². The average molecular weight is 392 g/mol. The van der Waals surface area contributed by atoms with Gasteiger partial charge in [-0.2, -0.15) is 0 Å². The molecule has 0 heterocycles. The first kappa shape index (κ1) is 19.5. The Bertz CT molecular complexity index is 900. The number of carbonyl (C=O) groups excluding carboxylic acids is 2. The summed E-state index contributed by atoms with van der Waals surface area (Å²) in [5.74, 6) is 0.379. The third-order valence-electron chi connectivity index (χ3n) is 3.79. The van der Waals surface area contributed by atoms with Gasteiger partial charge < -0.3 is 4.74 Å². The van der Waals surface area contributed by atoms with Crippen LogP contribution in [0, 0.1) is 0 Å². The molecule has 0 aromatic heterocycles. The zero-order valence-electron chi connectivity index (χ0n) is 15.1. The molecule has 0 unspecified atom stereocenters. The van der Waals surface area contributed by atoms with Gasteiger partial charge in [-0.3, -0.25) is 20.4 Å². The van der Waals surface area contributed by atoms with Crippen molar-refractivity contribution in [1.29, 1.82) is 0 Å². The molecule has 5 nitrogen and oxygen atoms in total. The Morgan fingerprint density at radius 1 is 0.786 bits per heavy atom. The molecule has 0 bridgehead atoms. The second-order valence-electron chi connectivity index (χ2n) is 5.90. The van der Waals surface area contributed by atoms with E-state index < -0.39 is 0 Å². The third-order valence-corrected chi connectivity index (χ3v) is 4.81. The van der Waals surface area contributed by atoms with Gasteiger partial charge in [0.25, 0.3) is 5.91 Å². The number of hydrogen-bond donors (Lipinski definition) is 2. The molecule has 28 heavy (non-hydrogen) atoms. The van der Waals surface area contributed by atoms with Gasteiger partial charge in [0.2, 0.25) is 5.91 Å². The number of nitrogens with one attached hydrogen (secondary N) is 2. The van der Waals surface area contributed by atoms with E-state index in [2.05, 4.69) is 10.9 Å². The maximum Gasteiger partial charge on any atom is 0.269 e. The molecule has 3 rings (SSSR count). The van der Waals surface area contributed by atoms with Crippen molar-refractivity contribution in [2.24, 2.45) is 0 Å². The molecule has 6 heteroatoms. The van der Waals surface area contributed by atoms with E-state index in [1.54, 1.807) is 12.1 Å². The van der Waals surface area contributed by atoms with Crippen LogP contribution in [0.1, 0.15) is 15.9 Å². The van der Waals surface area contributed by atoms with Crippen molar-refractivity contribution in [1.82, 2.24) is 10.9 Å². The van der Waals surface area contributed by atoms with Gasteiger partial charge in [-0.05, 0) is 42.0 Å². The van der Waals surface area contributed by atoms with Crippen molar-refractivity contribution >= 4 is 23.6 Å². The molecule has 142 valence electrons. The Labute approximate surface area is 168 Å². The van der Waals surface area contributed by atoms with E-state index >= 15 is 0 Å². The average Bonchev–Trinajstić information content (AvgIpc) is 2.76. The largest absolute Gasteiger partial charge is 0.489 e. The van der Waals surface area contributed by atoms with Crippen LogP contribution in [-0.2, 0) is 11.4 Å². The van der Waals surface area contributed by atoms with E-state index in [1.165, 1.54) is 11.8 Å². The van der Waals surface area contributed by atoms with Crippen LogP contribution in [0.3, 0.4) is 0 Å². The van der Waals surface area contributed by atoms with E-state index in [0.29, 0.717) is 12.2 Å². The Hall–Kier alpha value is -3.25. The van der Waals surface area contributed by atoms with Gasteiger partial charge >= 0.3 is 0 Å². The van der Waals surface area contributed by atoms with Gasteiger partial charge in [-0.15, -0.1) is 11.8 Å². The topological polar surface area (TPSA) is 67.4 Å². The van der Waals surface area contributed by atoms with Crippen LogP contribution in [0.2, 0.25) is 0 Å². The molecule has 2 amide bonds. The predicted octanol–water partition coefficient (Wildman–Crippen LogP) is 3.82. The number of carbonyl (C=O) groups is 2. The highest BCUT2D eigenvalue weighted by Gasteiger charge is 2.08. The minimum atomic E-state index is -0.367. The van der Waals surface area contributed by atoms with E-state index in [0.717, 1.165) is 16.2 Å².